The molecule has 146 valence electrons. The van der Waals surface area contributed by atoms with Gasteiger partial charge >= 0.3 is 0 Å². The topological polar surface area (TPSA) is 50.3 Å². The van der Waals surface area contributed by atoms with E-state index in [1.54, 1.807) is 13.2 Å². The monoisotopic (exact) mass is 388 g/mol. The zero-order valence-electron chi connectivity index (χ0n) is 17.0. The molecule has 1 aliphatic rings. The van der Waals surface area contributed by atoms with Gasteiger partial charge in [-0.1, -0.05) is 11.6 Å². The summed E-state index contributed by atoms with van der Waals surface area (Å²) in [5.41, 5.74) is 1.83. The van der Waals surface area contributed by atoms with Crippen LogP contribution in [0, 0.1) is 0 Å². The van der Waals surface area contributed by atoms with Gasteiger partial charge in [0.15, 0.2) is 5.82 Å². The Balaban J connectivity index is 1.83. The molecular formula is C21H29ClN4O. The lowest BCUT2D eigenvalue weighted by atomic mass is 9.79. The van der Waals surface area contributed by atoms with Crippen LogP contribution in [0.1, 0.15) is 40.5 Å². The van der Waals surface area contributed by atoms with Crippen molar-refractivity contribution in [1.29, 1.82) is 0 Å². The molecule has 3 rings (SSSR count). The molecule has 1 saturated heterocycles. The molecule has 1 aromatic carbocycles. The molecule has 2 aromatic rings. The van der Waals surface area contributed by atoms with Crippen LogP contribution in [0.25, 0.3) is 11.3 Å². The lowest BCUT2D eigenvalue weighted by Gasteiger charge is -2.49. The highest BCUT2D eigenvalue weighted by molar-refractivity contribution is 6.30. The smallest absolute Gasteiger partial charge is 0.151 e. The van der Waals surface area contributed by atoms with Gasteiger partial charge < -0.3 is 15.0 Å². The van der Waals surface area contributed by atoms with E-state index in [-0.39, 0.29) is 11.1 Å². The second-order valence-electron chi connectivity index (χ2n) is 8.69. The highest BCUT2D eigenvalue weighted by atomic mass is 35.5. The number of nitrogens with zero attached hydrogens (tertiary/aromatic N) is 3. The molecule has 0 atom stereocenters. The minimum atomic E-state index is 0.0880. The number of nitrogens with one attached hydrogen (secondary N) is 1. The molecule has 0 aliphatic carbocycles. The number of benzene rings is 1. The molecule has 1 aromatic heterocycles. The third-order valence-electron chi connectivity index (χ3n) is 5.17. The van der Waals surface area contributed by atoms with Crippen molar-refractivity contribution in [2.45, 2.75) is 57.7 Å². The fourth-order valence-corrected chi connectivity index (χ4v) is 4.43. The van der Waals surface area contributed by atoms with Crippen molar-refractivity contribution < 1.29 is 4.74 Å². The Morgan fingerprint density at radius 2 is 1.74 bits per heavy atom. The van der Waals surface area contributed by atoms with Gasteiger partial charge in [0.25, 0.3) is 0 Å². The summed E-state index contributed by atoms with van der Waals surface area (Å²) in [6.07, 6.45) is 2.11. The summed E-state index contributed by atoms with van der Waals surface area (Å²) in [6.45, 7) is 9.04. The van der Waals surface area contributed by atoms with Crippen molar-refractivity contribution in [3.63, 3.8) is 0 Å². The molecule has 2 heterocycles. The van der Waals surface area contributed by atoms with E-state index in [1.165, 1.54) is 0 Å². The molecule has 1 N–H and O–H groups in total. The molecule has 27 heavy (non-hydrogen) atoms. The van der Waals surface area contributed by atoms with Crippen LogP contribution in [0.2, 0.25) is 5.02 Å². The standard InChI is InChI=1S/C21H29ClN4O/c1-20(2)12-15(13-21(3,4)25-20)26(5)19-10-9-17(23-24-19)16-8-7-14(22)11-18(16)27-6/h7-11,15,25H,12-13H2,1-6H3. The number of hydrogen-bond acceptors (Lipinski definition) is 5. The Labute approximate surface area is 167 Å². The van der Waals surface area contributed by atoms with E-state index in [0.29, 0.717) is 16.8 Å². The van der Waals surface area contributed by atoms with Crippen LogP contribution in [-0.4, -0.2) is 41.5 Å². The minimum absolute atomic E-state index is 0.0880. The Hall–Kier alpha value is -1.85. The number of rotatable bonds is 4. The summed E-state index contributed by atoms with van der Waals surface area (Å²) in [7, 11) is 3.74. The van der Waals surface area contributed by atoms with Gasteiger partial charge in [0.1, 0.15) is 5.75 Å². The molecule has 0 amide bonds. The first-order valence-corrected chi connectivity index (χ1v) is 9.68. The van der Waals surface area contributed by atoms with Gasteiger partial charge in [0, 0.05) is 34.8 Å². The van der Waals surface area contributed by atoms with Gasteiger partial charge in [-0.05, 0) is 70.9 Å². The second kappa shape index (κ2) is 7.28. The number of piperidine rings is 1. The highest BCUT2D eigenvalue weighted by Crippen LogP contribution is 2.34. The minimum Gasteiger partial charge on any atom is -0.496 e. The maximum Gasteiger partial charge on any atom is 0.151 e. The van der Waals surface area contributed by atoms with Crippen molar-refractivity contribution >= 4 is 17.4 Å². The van der Waals surface area contributed by atoms with Crippen molar-refractivity contribution in [3.8, 4) is 17.0 Å². The Morgan fingerprint density at radius 3 is 2.30 bits per heavy atom. The van der Waals surface area contributed by atoms with Crippen LogP contribution in [-0.2, 0) is 0 Å². The first-order chi connectivity index (χ1) is 12.6. The number of hydrogen-bond donors (Lipinski definition) is 1. The van der Waals surface area contributed by atoms with E-state index in [2.05, 4.69) is 55.2 Å². The molecule has 5 nitrogen and oxygen atoms in total. The average Bonchev–Trinajstić information content (AvgIpc) is 2.58. The molecule has 0 unspecified atom stereocenters. The largest absolute Gasteiger partial charge is 0.496 e. The summed E-state index contributed by atoms with van der Waals surface area (Å²) in [5, 5.41) is 13.3. The quantitative estimate of drug-likeness (QED) is 0.832. The van der Waals surface area contributed by atoms with Crippen molar-refractivity contribution in [2.75, 3.05) is 19.1 Å². The van der Waals surface area contributed by atoms with E-state index in [1.807, 2.05) is 24.3 Å². The number of ether oxygens (including phenoxy) is 1. The summed E-state index contributed by atoms with van der Waals surface area (Å²) < 4.78 is 5.43. The number of aromatic nitrogens is 2. The normalized spacial score (nSPS) is 18.9. The average molecular weight is 389 g/mol. The van der Waals surface area contributed by atoms with Gasteiger partial charge in [-0.3, -0.25) is 0 Å². The number of methoxy groups -OCH3 is 1. The van der Waals surface area contributed by atoms with Crippen molar-refractivity contribution in [1.82, 2.24) is 15.5 Å². The summed E-state index contributed by atoms with van der Waals surface area (Å²) in [6, 6.07) is 9.95. The van der Waals surface area contributed by atoms with Crippen LogP contribution in [0.3, 0.4) is 0 Å². The summed E-state index contributed by atoms with van der Waals surface area (Å²) in [4.78, 5) is 2.25. The molecule has 0 bridgehead atoms. The van der Waals surface area contributed by atoms with E-state index < -0.39 is 0 Å². The van der Waals surface area contributed by atoms with Gasteiger partial charge in [0.05, 0.1) is 12.8 Å². The Morgan fingerprint density at radius 1 is 1.07 bits per heavy atom. The first kappa shape index (κ1) is 19.9. The van der Waals surface area contributed by atoms with Crippen LogP contribution in [0.4, 0.5) is 5.82 Å². The molecular weight excluding hydrogens is 360 g/mol. The van der Waals surface area contributed by atoms with E-state index in [4.69, 9.17) is 16.3 Å². The SMILES string of the molecule is COc1cc(Cl)ccc1-c1ccc(N(C)C2CC(C)(C)NC(C)(C)C2)nn1. The Bertz CT molecular complexity index is 788. The molecule has 6 heteroatoms. The van der Waals surface area contributed by atoms with Gasteiger partial charge in [-0.2, -0.15) is 0 Å². The highest BCUT2D eigenvalue weighted by Gasteiger charge is 2.39. The maximum absolute atomic E-state index is 6.05. The van der Waals surface area contributed by atoms with Crippen LogP contribution in [0.15, 0.2) is 30.3 Å². The molecule has 0 spiro atoms. The lowest BCUT2D eigenvalue weighted by molar-refractivity contribution is 0.160. The van der Waals surface area contributed by atoms with E-state index >= 15 is 0 Å². The third kappa shape index (κ3) is 4.53. The zero-order chi connectivity index (χ0) is 19.8. The van der Waals surface area contributed by atoms with Gasteiger partial charge in [-0.25, -0.2) is 0 Å². The molecule has 1 aliphatic heterocycles. The lowest BCUT2D eigenvalue weighted by Crippen LogP contribution is -2.62. The number of halogens is 1. The van der Waals surface area contributed by atoms with Crippen molar-refractivity contribution in [2.24, 2.45) is 0 Å². The van der Waals surface area contributed by atoms with Gasteiger partial charge in [-0.15, -0.1) is 10.2 Å². The zero-order valence-corrected chi connectivity index (χ0v) is 17.8. The predicted molar refractivity (Wildman–Crippen MR) is 112 cm³/mol. The Kier molecular flexibility index (Phi) is 5.37. The van der Waals surface area contributed by atoms with Crippen LogP contribution >= 0.6 is 11.6 Å². The summed E-state index contributed by atoms with van der Waals surface area (Å²) in [5.74, 6) is 1.57. The van der Waals surface area contributed by atoms with Crippen molar-refractivity contribution in [3.05, 3.63) is 35.4 Å². The fourth-order valence-electron chi connectivity index (χ4n) is 4.26. The van der Waals surface area contributed by atoms with E-state index in [0.717, 1.165) is 29.9 Å². The second-order valence-corrected chi connectivity index (χ2v) is 9.12. The van der Waals surface area contributed by atoms with Gasteiger partial charge in [0.2, 0.25) is 0 Å². The maximum atomic E-state index is 6.05. The van der Waals surface area contributed by atoms with E-state index in [9.17, 15) is 0 Å². The number of anilines is 1. The predicted octanol–water partition coefficient (Wildman–Crippen LogP) is 4.55. The van der Waals surface area contributed by atoms with Crippen LogP contribution in [0.5, 0.6) is 5.75 Å². The summed E-state index contributed by atoms with van der Waals surface area (Å²) >= 11 is 6.05. The molecule has 1 fully saturated rings. The molecule has 0 saturated carbocycles. The molecule has 0 radical (unpaired) electrons. The fraction of sp³-hybridized carbons (Fsp3) is 0.524. The van der Waals surface area contributed by atoms with Crippen LogP contribution < -0.4 is 15.0 Å². The third-order valence-corrected chi connectivity index (χ3v) is 5.40. The first-order valence-electron chi connectivity index (χ1n) is 9.30.